The second kappa shape index (κ2) is 6.74. The number of hydrogen-bond acceptors (Lipinski definition) is 1. The summed E-state index contributed by atoms with van der Waals surface area (Å²) >= 11 is 0. The molecule has 2 nitrogen and oxygen atoms in total. The van der Waals surface area contributed by atoms with Crippen LogP contribution in [0.5, 0.6) is 0 Å². The van der Waals surface area contributed by atoms with Crippen molar-refractivity contribution in [1.82, 2.24) is 9.88 Å². The number of H-pyrrole nitrogens is 1. The Balaban J connectivity index is 1.77. The number of nitrogens with one attached hydrogen (secondary N) is 1. The first-order chi connectivity index (χ1) is 8.79. The van der Waals surface area contributed by atoms with Crippen molar-refractivity contribution >= 4 is 5.57 Å². The zero-order valence-corrected chi connectivity index (χ0v) is 11.2. The van der Waals surface area contributed by atoms with Gasteiger partial charge in [-0.3, -0.25) is 4.90 Å². The van der Waals surface area contributed by atoms with Crippen LogP contribution in [0.2, 0.25) is 0 Å². The van der Waals surface area contributed by atoms with Gasteiger partial charge in [-0.2, -0.15) is 4.39 Å². The third-order valence-corrected chi connectivity index (χ3v) is 3.64. The van der Waals surface area contributed by atoms with E-state index in [0.717, 1.165) is 25.1 Å². The molecular formula is C15H23FN2. The molecule has 0 fully saturated rings. The van der Waals surface area contributed by atoms with Gasteiger partial charge in [0.2, 0.25) is 0 Å². The predicted octanol–water partition coefficient (Wildman–Crippen LogP) is 3.82. The summed E-state index contributed by atoms with van der Waals surface area (Å²) in [5.41, 5.74) is 2.29. The summed E-state index contributed by atoms with van der Waals surface area (Å²) in [7, 11) is 0. The van der Waals surface area contributed by atoms with Gasteiger partial charge in [-0.25, -0.2) is 0 Å². The highest BCUT2D eigenvalue weighted by molar-refractivity contribution is 5.66. The lowest BCUT2D eigenvalue weighted by Crippen LogP contribution is -2.29. The fraction of sp³-hybridized carbons (Fsp3) is 0.600. The van der Waals surface area contributed by atoms with Crippen LogP contribution in [0.3, 0.4) is 0 Å². The van der Waals surface area contributed by atoms with Crippen molar-refractivity contribution in [2.75, 3.05) is 19.6 Å². The van der Waals surface area contributed by atoms with Gasteiger partial charge in [0.05, 0.1) is 0 Å². The Morgan fingerprint density at radius 2 is 2.22 bits per heavy atom. The van der Waals surface area contributed by atoms with E-state index in [9.17, 15) is 4.39 Å². The molecule has 0 radical (unpaired) electrons. The molecule has 18 heavy (non-hydrogen) atoms. The Morgan fingerprint density at radius 3 is 2.83 bits per heavy atom. The van der Waals surface area contributed by atoms with E-state index >= 15 is 0 Å². The summed E-state index contributed by atoms with van der Waals surface area (Å²) in [6.45, 7) is 5.55. The fourth-order valence-electron chi connectivity index (χ4n) is 2.49. The highest BCUT2D eigenvalue weighted by Crippen LogP contribution is 2.22. The fourth-order valence-corrected chi connectivity index (χ4v) is 2.49. The van der Waals surface area contributed by atoms with Crippen molar-refractivity contribution in [1.29, 1.82) is 0 Å². The van der Waals surface area contributed by atoms with Gasteiger partial charge in [0, 0.05) is 25.4 Å². The molecule has 1 aliphatic rings. The molecule has 2 heterocycles. The van der Waals surface area contributed by atoms with Gasteiger partial charge in [-0.15, -0.1) is 0 Å². The highest BCUT2D eigenvalue weighted by atomic mass is 19.1. The monoisotopic (exact) mass is 250 g/mol. The van der Waals surface area contributed by atoms with E-state index in [1.807, 2.05) is 0 Å². The number of aromatic nitrogens is 1. The second-order valence-corrected chi connectivity index (χ2v) is 5.08. The van der Waals surface area contributed by atoms with Gasteiger partial charge in [0.15, 0.2) is 5.95 Å². The SMILES string of the molecule is CCCCCCN1CC=C(c2c[nH]c(F)c2)CC1. The van der Waals surface area contributed by atoms with Crippen molar-refractivity contribution in [3.05, 3.63) is 29.9 Å². The molecule has 0 aromatic carbocycles. The van der Waals surface area contributed by atoms with Gasteiger partial charge < -0.3 is 4.98 Å². The predicted molar refractivity (Wildman–Crippen MR) is 73.9 cm³/mol. The number of aromatic amines is 1. The number of rotatable bonds is 6. The van der Waals surface area contributed by atoms with Crippen LogP contribution in [-0.4, -0.2) is 29.5 Å². The highest BCUT2D eigenvalue weighted by Gasteiger charge is 2.13. The molecule has 1 aliphatic heterocycles. The van der Waals surface area contributed by atoms with E-state index in [-0.39, 0.29) is 5.95 Å². The summed E-state index contributed by atoms with van der Waals surface area (Å²) in [6.07, 6.45) is 10.3. The molecule has 100 valence electrons. The number of hydrogen-bond donors (Lipinski definition) is 1. The molecule has 1 N–H and O–H groups in total. The minimum Gasteiger partial charge on any atom is -0.338 e. The Bertz CT molecular complexity index is 395. The largest absolute Gasteiger partial charge is 0.338 e. The van der Waals surface area contributed by atoms with Crippen LogP contribution < -0.4 is 0 Å². The van der Waals surface area contributed by atoms with Crippen molar-refractivity contribution in [2.24, 2.45) is 0 Å². The summed E-state index contributed by atoms with van der Waals surface area (Å²) < 4.78 is 12.9. The molecule has 0 amide bonds. The van der Waals surface area contributed by atoms with Crippen LogP contribution >= 0.6 is 0 Å². The lowest BCUT2D eigenvalue weighted by Gasteiger charge is -2.26. The molecule has 1 aromatic heterocycles. The standard InChI is InChI=1S/C15H23FN2/c1-2-3-4-5-8-18-9-6-13(7-10-18)14-11-15(16)17-12-14/h6,11-12,17H,2-5,7-10H2,1H3. The summed E-state index contributed by atoms with van der Waals surface area (Å²) in [6, 6.07) is 1.59. The van der Waals surface area contributed by atoms with Crippen LogP contribution in [0.1, 0.15) is 44.6 Å². The van der Waals surface area contributed by atoms with Crippen molar-refractivity contribution < 1.29 is 4.39 Å². The van der Waals surface area contributed by atoms with Crippen LogP contribution in [0, 0.1) is 5.95 Å². The third-order valence-electron chi connectivity index (χ3n) is 3.64. The van der Waals surface area contributed by atoms with E-state index < -0.39 is 0 Å². The third kappa shape index (κ3) is 3.70. The average molecular weight is 250 g/mol. The molecular weight excluding hydrogens is 227 g/mol. The minimum absolute atomic E-state index is 0.243. The Hall–Kier alpha value is -1.09. The average Bonchev–Trinajstić information content (AvgIpc) is 2.82. The number of halogens is 1. The molecule has 0 atom stereocenters. The molecule has 0 bridgehead atoms. The van der Waals surface area contributed by atoms with Crippen LogP contribution in [-0.2, 0) is 0 Å². The molecule has 3 heteroatoms. The molecule has 0 spiro atoms. The lowest BCUT2D eigenvalue weighted by molar-refractivity contribution is 0.294. The number of nitrogens with zero attached hydrogens (tertiary/aromatic N) is 1. The molecule has 1 aromatic rings. The minimum atomic E-state index is -0.243. The second-order valence-electron chi connectivity index (χ2n) is 5.08. The van der Waals surface area contributed by atoms with Gasteiger partial charge in [0.25, 0.3) is 0 Å². The zero-order chi connectivity index (χ0) is 12.8. The Labute approximate surface area is 109 Å². The van der Waals surface area contributed by atoms with Crippen molar-refractivity contribution in [3.8, 4) is 0 Å². The summed E-state index contributed by atoms with van der Waals surface area (Å²) in [4.78, 5) is 5.09. The van der Waals surface area contributed by atoms with Gasteiger partial charge in [0.1, 0.15) is 0 Å². The normalized spacial score (nSPS) is 16.9. The maximum atomic E-state index is 12.9. The molecule has 0 unspecified atom stereocenters. The summed E-state index contributed by atoms with van der Waals surface area (Å²) in [5, 5.41) is 0. The molecule has 0 aliphatic carbocycles. The first kappa shape index (κ1) is 13.3. The number of unbranched alkanes of at least 4 members (excludes halogenated alkanes) is 3. The Morgan fingerprint density at radius 1 is 1.33 bits per heavy atom. The van der Waals surface area contributed by atoms with E-state index in [1.165, 1.54) is 37.8 Å². The van der Waals surface area contributed by atoms with Crippen molar-refractivity contribution in [2.45, 2.75) is 39.0 Å². The van der Waals surface area contributed by atoms with Gasteiger partial charge in [-0.1, -0.05) is 32.3 Å². The smallest absolute Gasteiger partial charge is 0.191 e. The van der Waals surface area contributed by atoms with Crippen molar-refractivity contribution in [3.63, 3.8) is 0 Å². The molecule has 0 saturated heterocycles. The van der Waals surface area contributed by atoms with E-state index in [4.69, 9.17) is 0 Å². The van der Waals surface area contributed by atoms with E-state index in [1.54, 1.807) is 12.3 Å². The van der Waals surface area contributed by atoms with E-state index in [2.05, 4.69) is 22.9 Å². The molecule has 2 rings (SSSR count). The quantitative estimate of drug-likeness (QED) is 0.760. The molecule has 0 saturated carbocycles. The first-order valence-electron chi connectivity index (χ1n) is 7.05. The van der Waals surface area contributed by atoms with Gasteiger partial charge in [-0.05, 0) is 30.5 Å². The van der Waals surface area contributed by atoms with Crippen LogP contribution in [0.4, 0.5) is 4.39 Å². The summed E-state index contributed by atoms with van der Waals surface area (Å²) in [5.74, 6) is -0.243. The Kier molecular flexibility index (Phi) is 5.00. The maximum absolute atomic E-state index is 12.9. The van der Waals surface area contributed by atoms with Gasteiger partial charge >= 0.3 is 0 Å². The van der Waals surface area contributed by atoms with Crippen LogP contribution in [0.25, 0.3) is 5.57 Å². The lowest BCUT2D eigenvalue weighted by atomic mass is 10.0. The van der Waals surface area contributed by atoms with Crippen LogP contribution in [0.15, 0.2) is 18.3 Å². The van der Waals surface area contributed by atoms with E-state index in [0.29, 0.717) is 0 Å². The first-order valence-corrected chi connectivity index (χ1v) is 7.05. The maximum Gasteiger partial charge on any atom is 0.191 e. The topological polar surface area (TPSA) is 19.0 Å². The zero-order valence-electron chi connectivity index (χ0n) is 11.2.